The van der Waals surface area contributed by atoms with E-state index in [-0.39, 0.29) is 23.9 Å². The van der Waals surface area contributed by atoms with Gasteiger partial charge in [-0.15, -0.1) is 0 Å². The molecular weight excluding hydrogens is 236 g/mol. The highest BCUT2D eigenvalue weighted by atomic mass is 16.4. The summed E-state index contributed by atoms with van der Waals surface area (Å²) in [4.78, 5) is 34.4. The second-order valence-electron chi connectivity index (χ2n) is 3.81. The Morgan fingerprint density at radius 1 is 1.22 bits per heavy atom. The number of carboxylic acid groups (broad SMARTS) is 1. The third-order valence-electron chi connectivity index (χ3n) is 2.33. The topological polar surface area (TPSA) is 86.7 Å². The van der Waals surface area contributed by atoms with E-state index in [0.717, 1.165) is 0 Å². The molecule has 0 saturated carbocycles. The third-order valence-corrected chi connectivity index (χ3v) is 2.33. The van der Waals surface area contributed by atoms with Gasteiger partial charge < -0.3 is 15.3 Å². The van der Waals surface area contributed by atoms with Crippen LogP contribution in [0.5, 0.6) is 0 Å². The van der Waals surface area contributed by atoms with Gasteiger partial charge in [-0.3, -0.25) is 9.59 Å². The van der Waals surface area contributed by atoms with Crippen LogP contribution in [-0.4, -0.2) is 41.4 Å². The van der Waals surface area contributed by atoms with Crippen molar-refractivity contribution in [3.05, 3.63) is 29.8 Å². The molecule has 1 aromatic rings. The van der Waals surface area contributed by atoms with Crippen molar-refractivity contribution in [3.8, 4) is 0 Å². The number of carboxylic acids is 1. The number of hydrogen-bond donors (Lipinski definition) is 2. The van der Waals surface area contributed by atoms with Crippen molar-refractivity contribution < 1.29 is 19.5 Å². The molecule has 18 heavy (non-hydrogen) atoms. The lowest BCUT2D eigenvalue weighted by Gasteiger charge is -2.14. The van der Waals surface area contributed by atoms with E-state index in [9.17, 15) is 14.4 Å². The summed E-state index contributed by atoms with van der Waals surface area (Å²) in [6, 6.07) is 5.78. The predicted molar refractivity (Wildman–Crippen MR) is 65.3 cm³/mol. The fourth-order valence-corrected chi connectivity index (χ4v) is 1.22. The quantitative estimate of drug-likeness (QED) is 0.827. The second-order valence-corrected chi connectivity index (χ2v) is 3.81. The van der Waals surface area contributed by atoms with Crippen LogP contribution in [0.15, 0.2) is 24.3 Å². The molecule has 1 rings (SSSR count). The van der Waals surface area contributed by atoms with Crippen LogP contribution in [0.1, 0.15) is 17.3 Å². The molecule has 0 heterocycles. The average Bonchev–Trinajstić information content (AvgIpc) is 2.29. The van der Waals surface area contributed by atoms with Crippen LogP contribution in [0.4, 0.5) is 5.69 Å². The number of likely N-dealkylation sites (N-methyl/N-ethyl adjacent to an activating group) is 1. The maximum Gasteiger partial charge on any atom is 0.335 e. The summed E-state index contributed by atoms with van der Waals surface area (Å²) in [5.74, 6) is -1.56. The minimum absolute atomic E-state index is 0.0456. The van der Waals surface area contributed by atoms with Gasteiger partial charge in [0.25, 0.3) is 0 Å². The summed E-state index contributed by atoms with van der Waals surface area (Å²) >= 11 is 0. The first-order valence-corrected chi connectivity index (χ1v) is 5.25. The Hall–Kier alpha value is -2.37. The van der Waals surface area contributed by atoms with Gasteiger partial charge in [0.15, 0.2) is 0 Å². The van der Waals surface area contributed by atoms with E-state index in [0.29, 0.717) is 5.69 Å². The lowest BCUT2D eigenvalue weighted by molar-refractivity contribution is -0.131. The van der Waals surface area contributed by atoms with Gasteiger partial charge in [-0.05, 0) is 24.3 Å². The van der Waals surface area contributed by atoms with Gasteiger partial charge in [0.1, 0.15) is 0 Å². The number of anilines is 1. The van der Waals surface area contributed by atoms with Crippen LogP contribution in [0, 0.1) is 0 Å². The molecule has 6 heteroatoms. The van der Waals surface area contributed by atoms with E-state index in [4.69, 9.17) is 5.11 Å². The first kappa shape index (κ1) is 13.7. The van der Waals surface area contributed by atoms with E-state index in [2.05, 4.69) is 5.32 Å². The maximum absolute atomic E-state index is 11.5. The number of nitrogens with zero attached hydrogens (tertiary/aromatic N) is 1. The number of carbonyl (C=O) groups is 3. The van der Waals surface area contributed by atoms with Crippen LogP contribution in [0.3, 0.4) is 0 Å². The maximum atomic E-state index is 11.5. The zero-order valence-corrected chi connectivity index (χ0v) is 10.1. The highest BCUT2D eigenvalue weighted by molar-refractivity contribution is 5.95. The fourth-order valence-electron chi connectivity index (χ4n) is 1.22. The number of rotatable bonds is 4. The monoisotopic (exact) mass is 250 g/mol. The van der Waals surface area contributed by atoms with Crippen LogP contribution in [-0.2, 0) is 9.59 Å². The first-order chi connectivity index (χ1) is 8.40. The average molecular weight is 250 g/mol. The molecule has 6 nitrogen and oxygen atoms in total. The van der Waals surface area contributed by atoms with Crippen molar-refractivity contribution in [2.75, 3.05) is 18.9 Å². The number of hydrogen-bond acceptors (Lipinski definition) is 3. The van der Waals surface area contributed by atoms with Crippen LogP contribution >= 0.6 is 0 Å². The van der Waals surface area contributed by atoms with Crippen LogP contribution < -0.4 is 5.32 Å². The summed E-state index contributed by atoms with van der Waals surface area (Å²) in [7, 11) is 1.52. The number of carbonyl (C=O) groups excluding carboxylic acids is 2. The second kappa shape index (κ2) is 5.81. The van der Waals surface area contributed by atoms with Gasteiger partial charge in [0.2, 0.25) is 11.8 Å². The Morgan fingerprint density at radius 3 is 2.22 bits per heavy atom. The Labute approximate surface area is 104 Å². The summed E-state index contributed by atoms with van der Waals surface area (Å²) in [5, 5.41) is 11.3. The van der Waals surface area contributed by atoms with Gasteiger partial charge in [-0.1, -0.05) is 0 Å². The molecule has 0 aromatic heterocycles. The molecule has 2 amide bonds. The van der Waals surface area contributed by atoms with Gasteiger partial charge >= 0.3 is 5.97 Å². The van der Waals surface area contributed by atoms with Crippen LogP contribution in [0.2, 0.25) is 0 Å². The molecule has 0 spiro atoms. The zero-order valence-electron chi connectivity index (χ0n) is 10.1. The lowest BCUT2D eigenvalue weighted by Crippen LogP contribution is -2.33. The Balaban J connectivity index is 2.60. The van der Waals surface area contributed by atoms with Crippen molar-refractivity contribution in [1.29, 1.82) is 0 Å². The number of nitrogens with one attached hydrogen (secondary N) is 1. The number of benzene rings is 1. The van der Waals surface area contributed by atoms with Gasteiger partial charge in [0, 0.05) is 19.7 Å². The molecule has 0 unspecified atom stereocenters. The molecule has 0 radical (unpaired) electrons. The van der Waals surface area contributed by atoms with Crippen molar-refractivity contribution in [2.24, 2.45) is 0 Å². The molecule has 96 valence electrons. The minimum atomic E-state index is -1.02. The molecule has 0 saturated heterocycles. The number of amides is 2. The van der Waals surface area contributed by atoms with Crippen molar-refractivity contribution in [3.63, 3.8) is 0 Å². The molecule has 2 N–H and O–H groups in total. The third kappa shape index (κ3) is 3.89. The lowest BCUT2D eigenvalue weighted by atomic mass is 10.2. The molecular formula is C12H14N2O4. The first-order valence-electron chi connectivity index (χ1n) is 5.25. The van der Waals surface area contributed by atoms with E-state index in [1.807, 2.05) is 0 Å². The summed E-state index contributed by atoms with van der Waals surface area (Å²) in [6.45, 7) is 1.32. The molecule has 0 aliphatic rings. The van der Waals surface area contributed by atoms with Gasteiger partial charge in [-0.2, -0.15) is 0 Å². The minimum Gasteiger partial charge on any atom is -0.478 e. The summed E-state index contributed by atoms with van der Waals surface area (Å²) in [5.41, 5.74) is 0.635. The largest absolute Gasteiger partial charge is 0.478 e. The van der Waals surface area contributed by atoms with Crippen molar-refractivity contribution in [1.82, 2.24) is 4.90 Å². The summed E-state index contributed by atoms with van der Waals surface area (Å²) in [6.07, 6.45) is 0. The molecule has 0 aliphatic carbocycles. The van der Waals surface area contributed by atoms with Crippen molar-refractivity contribution in [2.45, 2.75) is 6.92 Å². The SMILES string of the molecule is CC(=O)N(C)CC(=O)Nc1ccc(C(=O)O)cc1. The van der Waals surface area contributed by atoms with Crippen molar-refractivity contribution >= 4 is 23.5 Å². The van der Waals surface area contributed by atoms with E-state index in [1.165, 1.54) is 43.1 Å². The molecule has 0 fully saturated rings. The Morgan fingerprint density at radius 2 is 1.78 bits per heavy atom. The van der Waals surface area contributed by atoms with Gasteiger partial charge in [0.05, 0.1) is 12.1 Å². The van der Waals surface area contributed by atoms with E-state index in [1.54, 1.807) is 0 Å². The predicted octanol–water partition coefficient (Wildman–Crippen LogP) is 0.802. The van der Waals surface area contributed by atoms with E-state index < -0.39 is 5.97 Å². The highest BCUT2D eigenvalue weighted by Crippen LogP contribution is 2.09. The standard InChI is InChI=1S/C12H14N2O4/c1-8(15)14(2)7-11(16)13-10-5-3-9(4-6-10)12(17)18/h3-6H,7H2,1-2H3,(H,13,16)(H,17,18). The van der Waals surface area contributed by atoms with Crippen LogP contribution in [0.25, 0.3) is 0 Å². The normalized spacial score (nSPS) is 9.67. The molecule has 0 bridgehead atoms. The number of aromatic carboxylic acids is 1. The Bertz CT molecular complexity index is 467. The molecule has 0 atom stereocenters. The Kier molecular flexibility index (Phi) is 4.42. The zero-order chi connectivity index (χ0) is 13.7. The fraction of sp³-hybridized carbons (Fsp3) is 0.250. The molecule has 1 aromatic carbocycles. The molecule has 0 aliphatic heterocycles. The highest BCUT2D eigenvalue weighted by Gasteiger charge is 2.09. The summed E-state index contributed by atoms with van der Waals surface area (Å²) < 4.78 is 0. The van der Waals surface area contributed by atoms with E-state index >= 15 is 0 Å². The van der Waals surface area contributed by atoms with Gasteiger partial charge in [-0.25, -0.2) is 4.79 Å². The smallest absolute Gasteiger partial charge is 0.335 e.